The molecule has 1 saturated heterocycles. The van der Waals surface area contributed by atoms with E-state index in [4.69, 9.17) is 26.2 Å². The van der Waals surface area contributed by atoms with E-state index in [9.17, 15) is 9.90 Å². The molecule has 9 heteroatoms. The van der Waals surface area contributed by atoms with E-state index < -0.39 is 5.91 Å². The van der Waals surface area contributed by atoms with Gasteiger partial charge in [0.2, 0.25) is 0 Å². The van der Waals surface area contributed by atoms with Crippen LogP contribution in [0.5, 0.6) is 5.75 Å². The van der Waals surface area contributed by atoms with E-state index in [0.717, 1.165) is 37.4 Å². The van der Waals surface area contributed by atoms with Gasteiger partial charge in [-0.05, 0) is 43.7 Å². The Bertz CT molecular complexity index is 1540. The first-order valence-electron chi connectivity index (χ1n) is 11.3. The van der Waals surface area contributed by atoms with Crippen LogP contribution >= 0.6 is 0 Å². The molecule has 1 fully saturated rings. The molecule has 3 heterocycles. The Morgan fingerprint density at radius 1 is 1.14 bits per heavy atom. The number of amides is 1. The van der Waals surface area contributed by atoms with Gasteiger partial charge in [0, 0.05) is 24.2 Å². The van der Waals surface area contributed by atoms with Crippen molar-refractivity contribution in [3.63, 3.8) is 0 Å². The molecule has 0 spiro atoms. The average Bonchev–Trinajstić information content (AvgIpc) is 3.12. The summed E-state index contributed by atoms with van der Waals surface area (Å²) in [4.78, 5) is 24.1. The number of phenolic OH excluding ortho intramolecular Hbond substituents is 1. The molecule has 0 saturated carbocycles. The highest BCUT2D eigenvalue weighted by atomic mass is 16.5. The Kier molecular flexibility index (Phi) is 5.76. The van der Waals surface area contributed by atoms with E-state index >= 15 is 0 Å². The highest BCUT2D eigenvalue weighted by molar-refractivity contribution is 6.10. The van der Waals surface area contributed by atoms with Crippen LogP contribution in [-0.2, 0) is 4.74 Å². The van der Waals surface area contributed by atoms with E-state index in [1.165, 1.54) is 0 Å². The largest absolute Gasteiger partial charge is 0.508 e. The van der Waals surface area contributed by atoms with Crippen molar-refractivity contribution in [2.45, 2.75) is 13.8 Å². The third-order valence-corrected chi connectivity index (χ3v) is 6.30. The van der Waals surface area contributed by atoms with Gasteiger partial charge < -0.3 is 21.3 Å². The first kappa shape index (κ1) is 22.7. The maximum Gasteiger partial charge on any atom is 0.254 e. The van der Waals surface area contributed by atoms with Gasteiger partial charge in [-0.15, -0.1) is 0 Å². The number of nitrogens with zero attached hydrogens (tertiary/aromatic N) is 4. The number of fused-ring (bicyclic) bond motifs is 2. The number of aromatic hydroxyl groups is 1. The SMILES string of the molecule is Cc1ccc(O)c(C)c1-n1c(N)c(C(N)=O)c2nc3cc(C#CCN4CCOCC4)ccc3nc21. The lowest BCUT2D eigenvalue weighted by Crippen LogP contribution is -2.36. The number of ether oxygens (including phenoxy) is 1. The van der Waals surface area contributed by atoms with Gasteiger partial charge in [-0.1, -0.05) is 17.9 Å². The van der Waals surface area contributed by atoms with Crippen LogP contribution in [0, 0.1) is 25.7 Å². The van der Waals surface area contributed by atoms with Gasteiger partial charge in [-0.25, -0.2) is 9.97 Å². The highest BCUT2D eigenvalue weighted by Gasteiger charge is 2.25. The fraction of sp³-hybridized carbons (Fsp3) is 0.269. The number of aromatic nitrogens is 3. The Balaban J connectivity index is 1.64. The molecule has 0 unspecified atom stereocenters. The molecule has 5 N–H and O–H groups in total. The molecule has 4 aromatic rings. The second-order valence-electron chi connectivity index (χ2n) is 8.62. The zero-order valence-corrected chi connectivity index (χ0v) is 19.6. The maximum absolute atomic E-state index is 12.4. The molecular weight excluding hydrogens is 444 g/mol. The van der Waals surface area contributed by atoms with Crippen LogP contribution in [0.3, 0.4) is 0 Å². The summed E-state index contributed by atoms with van der Waals surface area (Å²) in [5.41, 5.74) is 17.0. The molecule has 0 radical (unpaired) electrons. The molecular formula is C26H26N6O3. The van der Waals surface area contributed by atoms with Crippen molar-refractivity contribution < 1.29 is 14.6 Å². The lowest BCUT2D eigenvalue weighted by molar-refractivity contribution is 0.0443. The number of phenols is 1. The topological polar surface area (TPSA) is 133 Å². The van der Waals surface area contributed by atoms with Crippen LogP contribution in [0.1, 0.15) is 27.0 Å². The quantitative estimate of drug-likeness (QED) is 0.391. The van der Waals surface area contributed by atoms with Gasteiger partial charge in [0.15, 0.2) is 5.65 Å². The number of carbonyl (C=O) groups is 1. The number of hydrogen-bond acceptors (Lipinski definition) is 7. The van der Waals surface area contributed by atoms with Crippen molar-refractivity contribution in [2.24, 2.45) is 5.73 Å². The number of nitrogens with two attached hydrogens (primary N) is 2. The van der Waals surface area contributed by atoms with Crippen LogP contribution in [0.2, 0.25) is 0 Å². The van der Waals surface area contributed by atoms with Crippen molar-refractivity contribution in [2.75, 3.05) is 38.6 Å². The lowest BCUT2D eigenvalue weighted by atomic mass is 10.1. The summed E-state index contributed by atoms with van der Waals surface area (Å²) in [6.07, 6.45) is 0. The van der Waals surface area contributed by atoms with E-state index in [2.05, 4.69) is 16.7 Å². The van der Waals surface area contributed by atoms with Gasteiger partial charge in [0.05, 0.1) is 36.5 Å². The Hall–Kier alpha value is -4.13. The maximum atomic E-state index is 12.4. The summed E-state index contributed by atoms with van der Waals surface area (Å²) in [7, 11) is 0. The third kappa shape index (κ3) is 4.03. The van der Waals surface area contributed by atoms with Crippen LogP contribution in [0.25, 0.3) is 27.9 Å². The number of hydrogen-bond donors (Lipinski definition) is 3. The van der Waals surface area contributed by atoms with Crippen molar-refractivity contribution in [3.8, 4) is 23.3 Å². The first-order chi connectivity index (χ1) is 16.8. The third-order valence-electron chi connectivity index (χ3n) is 6.30. The molecule has 0 atom stereocenters. The number of rotatable bonds is 3. The zero-order chi connectivity index (χ0) is 24.7. The minimum Gasteiger partial charge on any atom is -0.508 e. The fourth-order valence-corrected chi connectivity index (χ4v) is 4.44. The number of primary amides is 1. The van der Waals surface area contributed by atoms with Gasteiger partial charge in [0.25, 0.3) is 5.91 Å². The molecule has 178 valence electrons. The number of benzene rings is 2. The predicted octanol–water partition coefficient (Wildman–Crippen LogP) is 2.26. The Labute approximate surface area is 202 Å². The summed E-state index contributed by atoms with van der Waals surface area (Å²) >= 11 is 0. The van der Waals surface area contributed by atoms with Gasteiger partial charge in [-0.3, -0.25) is 14.3 Å². The van der Waals surface area contributed by atoms with Crippen molar-refractivity contribution in [1.29, 1.82) is 0 Å². The van der Waals surface area contributed by atoms with Crippen LogP contribution < -0.4 is 11.5 Å². The van der Waals surface area contributed by atoms with Gasteiger partial charge >= 0.3 is 0 Å². The van der Waals surface area contributed by atoms with E-state index in [1.807, 2.05) is 25.1 Å². The standard InChI is InChI=1S/C26H26N6O3/c1-15-5-8-20(33)16(2)23(15)32-24(27)21(25(28)34)22-26(32)30-18-7-6-17(14-19(18)29-22)4-3-9-31-10-12-35-13-11-31/h5-8,14,33H,9-13,27H2,1-2H3,(H2,28,34). The van der Waals surface area contributed by atoms with E-state index in [0.29, 0.717) is 40.0 Å². The number of carbonyl (C=O) groups excluding carboxylic acids is 1. The molecule has 2 aromatic heterocycles. The first-order valence-corrected chi connectivity index (χ1v) is 11.3. The predicted molar refractivity (Wildman–Crippen MR) is 135 cm³/mol. The Morgan fingerprint density at radius 2 is 1.91 bits per heavy atom. The molecule has 1 aliphatic heterocycles. The molecule has 0 aliphatic carbocycles. The molecule has 9 nitrogen and oxygen atoms in total. The van der Waals surface area contributed by atoms with E-state index in [-0.39, 0.29) is 17.1 Å². The summed E-state index contributed by atoms with van der Waals surface area (Å²) in [6.45, 7) is 7.56. The number of nitrogen functional groups attached to an aromatic ring is 1. The second-order valence-corrected chi connectivity index (χ2v) is 8.62. The van der Waals surface area contributed by atoms with Crippen LogP contribution in [0.15, 0.2) is 30.3 Å². The summed E-state index contributed by atoms with van der Waals surface area (Å²) in [5, 5.41) is 10.3. The van der Waals surface area contributed by atoms with Crippen molar-refractivity contribution >= 4 is 33.9 Å². The highest BCUT2D eigenvalue weighted by Crippen LogP contribution is 2.35. The lowest BCUT2D eigenvalue weighted by Gasteiger charge is -2.24. The molecule has 35 heavy (non-hydrogen) atoms. The summed E-state index contributed by atoms with van der Waals surface area (Å²) in [5.74, 6) is 5.93. The zero-order valence-electron chi connectivity index (χ0n) is 19.6. The number of morpholine rings is 1. The molecule has 1 amide bonds. The van der Waals surface area contributed by atoms with Crippen molar-refractivity contribution in [3.05, 3.63) is 52.6 Å². The van der Waals surface area contributed by atoms with Crippen LogP contribution in [0.4, 0.5) is 5.82 Å². The van der Waals surface area contributed by atoms with E-state index in [1.54, 1.807) is 23.6 Å². The molecule has 2 aromatic carbocycles. The molecule has 5 rings (SSSR count). The van der Waals surface area contributed by atoms with Crippen molar-refractivity contribution in [1.82, 2.24) is 19.4 Å². The van der Waals surface area contributed by atoms with Gasteiger partial charge in [0.1, 0.15) is 22.6 Å². The number of aryl methyl sites for hydroxylation is 1. The average molecular weight is 471 g/mol. The molecule has 1 aliphatic rings. The monoisotopic (exact) mass is 470 g/mol. The smallest absolute Gasteiger partial charge is 0.254 e. The van der Waals surface area contributed by atoms with Crippen LogP contribution in [-0.4, -0.2) is 63.3 Å². The van der Waals surface area contributed by atoms with Gasteiger partial charge in [-0.2, -0.15) is 0 Å². The normalized spacial score (nSPS) is 14.2. The fourth-order valence-electron chi connectivity index (χ4n) is 4.44. The summed E-state index contributed by atoms with van der Waals surface area (Å²) < 4.78 is 7.01. The Morgan fingerprint density at radius 3 is 2.66 bits per heavy atom. The minimum absolute atomic E-state index is 0.0975. The summed E-state index contributed by atoms with van der Waals surface area (Å²) in [6, 6.07) is 8.99. The second kappa shape index (κ2) is 8.91. The minimum atomic E-state index is -0.697. The molecule has 0 bridgehead atoms. The number of anilines is 1.